The van der Waals surface area contributed by atoms with E-state index >= 15 is 0 Å². The summed E-state index contributed by atoms with van der Waals surface area (Å²) in [7, 11) is 0. The number of hydrogen-bond acceptors (Lipinski definition) is 3. The Morgan fingerprint density at radius 1 is 1.41 bits per heavy atom. The molecule has 0 amide bonds. The van der Waals surface area contributed by atoms with Gasteiger partial charge in [-0.05, 0) is 32.1 Å². The Morgan fingerprint density at radius 2 is 2.12 bits per heavy atom. The Bertz CT molecular complexity index is 248. The van der Waals surface area contributed by atoms with Crippen molar-refractivity contribution in [2.24, 2.45) is 11.3 Å². The average Bonchev–Trinajstić information content (AvgIpc) is 2.69. The van der Waals surface area contributed by atoms with E-state index in [1.54, 1.807) is 0 Å². The standard InChI is InChI=1S/C14H26O3/c1-4-17-10-14(2,3)13(16)8-6-11-5-7-12(15)9-11/h6,8,11-13,15-16H,4-5,7,9-10H2,1-3H3. The van der Waals surface area contributed by atoms with Crippen molar-refractivity contribution in [3.8, 4) is 0 Å². The maximum absolute atomic E-state index is 10.1. The summed E-state index contributed by atoms with van der Waals surface area (Å²) >= 11 is 0. The molecule has 0 radical (unpaired) electrons. The van der Waals surface area contributed by atoms with E-state index < -0.39 is 6.10 Å². The van der Waals surface area contributed by atoms with Gasteiger partial charge in [-0.15, -0.1) is 0 Å². The molecular weight excluding hydrogens is 216 g/mol. The van der Waals surface area contributed by atoms with Crippen LogP contribution in [0.15, 0.2) is 12.2 Å². The molecule has 3 unspecified atom stereocenters. The summed E-state index contributed by atoms with van der Waals surface area (Å²) < 4.78 is 5.37. The van der Waals surface area contributed by atoms with E-state index in [-0.39, 0.29) is 11.5 Å². The summed E-state index contributed by atoms with van der Waals surface area (Å²) in [5.41, 5.74) is -0.260. The smallest absolute Gasteiger partial charge is 0.0793 e. The molecule has 0 aromatic heterocycles. The molecule has 100 valence electrons. The number of hydrogen-bond donors (Lipinski definition) is 2. The van der Waals surface area contributed by atoms with E-state index in [0.29, 0.717) is 19.1 Å². The number of ether oxygens (including phenoxy) is 1. The third kappa shape index (κ3) is 4.78. The second-order valence-corrected chi connectivity index (χ2v) is 5.68. The van der Waals surface area contributed by atoms with E-state index in [4.69, 9.17) is 4.74 Å². The van der Waals surface area contributed by atoms with Gasteiger partial charge >= 0.3 is 0 Å². The van der Waals surface area contributed by atoms with Crippen LogP contribution in [0.25, 0.3) is 0 Å². The molecule has 0 aliphatic heterocycles. The average molecular weight is 242 g/mol. The van der Waals surface area contributed by atoms with Crippen molar-refractivity contribution in [2.45, 2.75) is 52.2 Å². The van der Waals surface area contributed by atoms with Gasteiger partial charge in [0.25, 0.3) is 0 Å². The second-order valence-electron chi connectivity index (χ2n) is 5.68. The number of aliphatic hydroxyl groups excluding tert-OH is 2. The topological polar surface area (TPSA) is 49.7 Å². The Morgan fingerprint density at radius 3 is 2.65 bits per heavy atom. The van der Waals surface area contributed by atoms with Gasteiger partial charge in [-0.25, -0.2) is 0 Å². The first-order chi connectivity index (χ1) is 7.95. The van der Waals surface area contributed by atoms with E-state index in [2.05, 4.69) is 6.08 Å². The van der Waals surface area contributed by atoms with Crippen molar-refractivity contribution >= 4 is 0 Å². The molecule has 0 heterocycles. The molecule has 1 saturated carbocycles. The van der Waals surface area contributed by atoms with Gasteiger partial charge in [-0.3, -0.25) is 0 Å². The predicted molar refractivity (Wildman–Crippen MR) is 68.8 cm³/mol. The van der Waals surface area contributed by atoms with Gasteiger partial charge in [0, 0.05) is 12.0 Å². The number of rotatable bonds is 6. The summed E-state index contributed by atoms with van der Waals surface area (Å²) in [4.78, 5) is 0. The van der Waals surface area contributed by atoms with E-state index in [0.717, 1.165) is 19.3 Å². The Balaban J connectivity index is 2.41. The molecular formula is C14H26O3. The highest BCUT2D eigenvalue weighted by Gasteiger charge is 2.27. The molecule has 0 bridgehead atoms. The van der Waals surface area contributed by atoms with Crippen molar-refractivity contribution < 1.29 is 14.9 Å². The van der Waals surface area contributed by atoms with Crippen molar-refractivity contribution in [3.63, 3.8) is 0 Å². The molecule has 3 heteroatoms. The molecule has 1 rings (SSSR count). The van der Waals surface area contributed by atoms with Crippen molar-refractivity contribution in [1.29, 1.82) is 0 Å². The van der Waals surface area contributed by atoms with Gasteiger partial charge in [-0.1, -0.05) is 26.0 Å². The molecule has 1 aliphatic rings. The highest BCUT2D eigenvalue weighted by atomic mass is 16.5. The third-order valence-electron chi connectivity index (χ3n) is 3.49. The lowest BCUT2D eigenvalue weighted by Crippen LogP contribution is -2.32. The molecule has 3 nitrogen and oxygen atoms in total. The van der Waals surface area contributed by atoms with Crippen LogP contribution in [0.3, 0.4) is 0 Å². The van der Waals surface area contributed by atoms with Crippen LogP contribution in [0, 0.1) is 11.3 Å². The second kappa shape index (κ2) is 6.53. The van der Waals surface area contributed by atoms with Crippen molar-refractivity contribution in [3.05, 3.63) is 12.2 Å². The first-order valence-corrected chi connectivity index (χ1v) is 6.58. The minimum absolute atomic E-state index is 0.154. The maximum Gasteiger partial charge on any atom is 0.0793 e. The lowest BCUT2D eigenvalue weighted by Gasteiger charge is -2.28. The third-order valence-corrected chi connectivity index (χ3v) is 3.49. The fraction of sp³-hybridized carbons (Fsp3) is 0.857. The molecule has 0 spiro atoms. The van der Waals surface area contributed by atoms with Crippen LogP contribution in [-0.4, -0.2) is 35.6 Å². The maximum atomic E-state index is 10.1. The van der Waals surface area contributed by atoms with E-state index in [1.807, 2.05) is 26.8 Å². The van der Waals surface area contributed by atoms with Gasteiger partial charge in [0.05, 0.1) is 18.8 Å². The van der Waals surface area contributed by atoms with E-state index in [9.17, 15) is 10.2 Å². The molecule has 0 aromatic carbocycles. The normalized spacial score (nSPS) is 27.8. The lowest BCUT2D eigenvalue weighted by atomic mass is 9.86. The summed E-state index contributed by atoms with van der Waals surface area (Å²) in [6.07, 6.45) is 6.00. The van der Waals surface area contributed by atoms with Crippen LogP contribution in [0.4, 0.5) is 0 Å². The Labute approximate surface area is 104 Å². The van der Waals surface area contributed by atoms with Gasteiger partial charge in [0.2, 0.25) is 0 Å². The van der Waals surface area contributed by atoms with Crippen LogP contribution in [0.2, 0.25) is 0 Å². The Kier molecular flexibility index (Phi) is 5.63. The highest BCUT2D eigenvalue weighted by molar-refractivity contribution is 5.00. The minimum Gasteiger partial charge on any atom is -0.393 e. The van der Waals surface area contributed by atoms with Crippen LogP contribution >= 0.6 is 0 Å². The molecule has 0 saturated heterocycles. The van der Waals surface area contributed by atoms with Crippen LogP contribution in [0.5, 0.6) is 0 Å². The molecule has 1 fully saturated rings. The summed E-state index contributed by atoms with van der Waals surface area (Å²) in [5, 5.41) is 19.5. The fourth-order valence-corrected chi connectivity index (χ4v) is 2.14. The molecule has 3 atom stereocenters. The minimum atomic E-state index is -0.494. The first-order valence-electron chi connectivity index (χ1n) is 6.58. The summed E-state index contributed by atoms with van der Waals surface area (Å²) in [5.74, 6) is 0.419. The Hall–Kier alpha value is -0.380. The van der Waals surface area contributed by atoms with Crippen LogP contribution in [0.1, 0.15) is 40.0 Å². The predicted octanol–water partition coefficient (Wildman–Crippen LogP) is 2.13. The van der Waals surface area contributed by atoms with Crippen LogP contribution < -0.4 is 0 Å². The molecule has 1 aliphatic carbocycles. The van der Waals surface area contributed by atoms with Crippen molar-refractivity contribution in [1.82, 2.24) is 0 Å². The van der Waals surface area contributed by atoms with Crippen molar-refractivity contribution in [2.75, 3.05) is 13.2 Å². The number of allylic oxidation sites excluding steroid dienone is 1. The number of aliphatic hydroxyl groups is 2. The lowest BCUT2D eigenvalue weighted by molar-refractivity contribution is 0.00184. The highest BCUT2D eigenvalue weighted by Crippen LogP contribution is 2.28. The zero-order valence-electron chi connectivity index (χ0n) is 11.2. The zero-order valence-corrected chi connectivity index (χ0v) is 11.2. The SMILES string of the molecule is CCOCC(C)(C)C(O)C=CC1CCC(O)C1. The first kappa shape index (κ1) is 14.7. The summed E-state index contributed by atoms with van der Waals surface area (Å²) in [6.45, 7) is 7.19. The van der Waals surface area contributed by atoms with Gasteiger partial charge in [-0.2, -0.15) is 0 Å². The largest absolute Gasteiger partial charge is 0.393 e. The van der Waals surface area contributed by atoms with Crippen LogP contribution in [-0.2, 0) is 4.74 Å². The monoisotopic (exact) mass is 242 g/mol. The summed E-state index contributed by atoms with van der Waals surface area (Å²) in [6, 6.07) is 0. The molecule has 17 heavy (non-hydrogen) atoms. The van der Waals surface area contributed by atoms with Gasteiger partial charge < -0.3 is 14.9 Å². The van der Waals surface area contributed by atoms with Gasteiger partial charge in [0.15, 0.2) is 0 Å². The van der Waals surface area contributed by atoms with Gasteiger partial charge in [0.1, 0.15) is 0 Å². The fourth-order valence-electron chi connectivity index (χ4n) is 2.14. The quantitative estimate of drug-likeness (QED) is 0.701. The molecule has 0 aromatic rings. The van der Waals surface area contributed by atoms with E-state index in [1.165, 1.54) is 0 Å². The molecule has 2 N–H and O–H groups in total. The zero-order chi connectivity index (χ0) is 12.9.